The predicted octanol–water partition coefficient (Wildman–Crippen LogP) is 4.26. The highest BCUT2D eigenvalue weighted by atomic mass is 79.9. The van der Waals surface area contributed by atoms with Gasteiger partial charge in [0.15, 0.2) is 0 Å². The molecule has 1 aromatic rings. The molecule has 0 spiro atoms. The molecule has 1 unspecified atom stereocenters. The molecule has 88 valence electrons. The van der Waals surface area contributed by atoms with E-state index in [9.17, 15) is 5.11 Å². The Balaban J connectivity index is 2.25. The normalized spacial score (nSPS) is 12.4. The van der Waals surface area contributed by atoms with E-state index < -0.39 is 0 Å². The predicted molar refractivity (Wildman–Crippen MR) is 74.9 cm³/mol. The number of hydrogen-bond donors (Lipinski definition) is 1. The number of rotatable bonds is 7. The SMILES string of the molecule is C=CCCCC(O)CSc1cccc(Br)c1. The lowest BCUT2D eigenvalue weighted by molar-refractivity contribution is 0.186. The Morgan fingerprint density at radius 2 is 2.31 bits per heavy atom. The molecular weight excluding hydrogens is 284 g/mol. The van der Waals surface area contributed by atoms with Gasteiger partial charge in [-0.3, -0.25) is 0 Å². The molecule has 0 heterocycles. The second-order valence-corrected chi connectivity index (χ2v) is 5.65. The molecule has 0 radical (unpaired) electrons. The van der Waals surface area contributed by atoms with Gasteiger partial charge in [0.1, 0.15) is 0 Å². The van der Waals surface area contributed by atoms with Crippen LogP contribution < -0.4 is 0 Å². The first-order chi connectivity index (χ1) is 7.72. The van der Waals surface area contributed by atoms with Crippen LogP contribution in [0.25, 0.3) is 0 Å². The third-order valence-corrected chi connectivity index (χ3v) is 3.82. The highest BCUT2D eigenvalue weighted by molar-refractivity contribution is 9.10. The fourth-order valence-electron chi connectivity index (χ4n) is 1.33. The molecule has 0 bridgehead atoms. The van der Waals surface area contributed by atoms with Crippen LogP contribution in [0.15, 0.2) is 46.3 Å². The number of allylic oxidation sites excluding steroid dienone is 1. The molecule has 1 N–H and O–H groups in total. The van der Waals surface area contributed by atoms with Crippen molar-refractivity contribution in [3.8, 4) is 0 Å². The number of hydrogen-bond acceptors (Lipinski definition) is 2. The molecule has 0 aliphatic carbocycles. The summed E-state index contributed by atoms with van der Waals surface area (Å²) in [4.78, 5) is 1.19. The van der Waals surface area contributed by atoms with Gasteiger partial charge in [-0.1, -0.05) is 28.1 Å². The molecule has 0 aromatic heterocycles. The smallest absolute Gasteiger partial charge is 0.0634 e. The van der Waals surface area contributed by atoms with Gasteiger partial charge < -0.3 is 5.11 Å². The second-order valence-electron chi connectivity index (χ2n) is 3.64. The van der Waals surface area contributed by atoms with Gasteiger partial charge in [-0.2, -0.15) is 0 Å². The molecule has 0 fully saturated rings. The zero-order chi connectivity index (χ0) is 11.8. The van der Waals surface area contributed by atoms with Crippen LogP contribution >= 0.6 is 27.7 Å². The topological polar surface area (TPSA) is 20.2 Å². The summed E-state index contributed by atoms with van der Waals surface area (Å²) in [5.74, 6) is 0.758. The molecule has 0 aliphatic rings. The quantitative estimate of drug-likeness (QED) is 0.461. The van der Waals surface area contributed by atoms with Crippen LogP contribution in [0.3, 0.4) is 0 Å². The molecule has 0 amide bonds. The molecule has 1 rings (SSSR count). The van der Waals surface area contributed by atoms with E-state index in [1.807, 2.05) is 18.2 Å². The summed E-state index contributed by atoms with van der Waals surface area (Å²) in [6.45, 7) is 3.67. The number of unbranched alkanes of at least 4 members (excludes halogenated alkanes) is 1. The minimum atomic E-state index is -0.219. The van der Waals surface area contributed by atoms with E-state index in [0.717, 1.165) is 29.5 Å². The van der Waals surface area contributed by atoms with Crippen LogP contribution in [0.1, 0.15) is 19.3 Å². The minimum Gasteiger partial charge on any atom is -0.392 e. The first kappa shape index (κ1) is 13.8. The minimum absolute atomic E-state index is 0.219. The Kier molecular flexibility index (Phi) is 6.85. The third kappa shape index (κ3) is 5.73. The number of benzene rings is 1. The van der Waals surface area contributed by atoms with Crippen molar-refractivity contribution in [3.05, 3.63) is 41.4 Å². The van der Waals surface area contributed by atoms with Gasteiger partial charge in [0.2, 0.25) is 0 Å². The Labute approximate surface area is 110 Å². The third-order valence-electron chi connectivity index (χ3n) is 2.18. The van der Waals surface area contributed by atoms with Crippen molar-refractivity contribution in [2.75, 3.05) is 5.75 Å². The zero-order valence-corrected chi connectivity index (χ0v) is 11.6. The maximum Gasteiger partial charge on any atom is 0.0634 e. The van der Waals surface area contributed by atoms with Crippen LogP contribution in [0, 0.1) is 0 Å². The summed E-state index contributed by atoms with van der Waals surface area (Å²) < 4.78 is 1.08. The molecule has 16 heavy (non-hydrogen) atoms. The van der Waals surface area contributed by atoms with Crippen LogP contribution in [-0.4, -0.2) is 17.0 Å². The van der Waals surface area contributed by atoms with Crippen molar-refractivity contribution >= 4 is 27.7 Å². The summed E-state index contributed by atoms with van der Waals surface area (Å²) in [5.41, 5.74) is 0. The molecule has 3 heteroatoms. The Bertz CT molecular complexity index is 327. The molecular formula is C13H17BrOS. The number of thioether (sulfide) groups is 1. The monoisotopic (exact) mass is 300 g/mol. The van der Waals surface area contributed by atoms with Gasteiger partial charge in [0.25, 0.3) is 0 Å². The van der Waals surface area contributed by atoms with E-state index in [4.69, 9.17) is 0 Å². The number of halogens is 1. The lowest BCUT2D eigenvalue weighted by atomic mass is 10.2. The fourth-order valence-corrected chi connectivity index (χ4v) is 2.82. The van der Waals surface area contributed by atoms with Crippen molar-refractivity contribution in [1.82, 2.24) is 0 Å². The first-order valence-electron chi connectivity index (χ1n) is 5.39. The lowest BCUT2D eigenvalue weighted by Crippen LogP contribution is -2.09. The van der Waals surface area contributed by atoms with Gasteiger partial charge in [-0.05, 0) is 37.5 Å². The van der Waals surface area contributed by atoms with Crippen LogP contribution in [0.4, 0.5) is 0 Å². The van der Waals surface area contributed by atoms with E-state index in [2.05, 4.69) is 34.6 Å². The summed E-state index contributed by atoms with van der Waals surface area (Å²) in [6, 6.07) is 8.15. The number of aliphatic hydroxyl groups is 1. The highest BCUT2D eigenvalue weighted by Crippen LogP contribution is 2.23. The van der Waals surface area contributed by atoms with Crippen molar-refractivity contribution in [3.63, 3.8) is 0 Å². The maximum absolute atomic E-state index is 9.74. The highest BCUT2D eigenvalue weighted by Gasteiger charge is 2.04. The second kappa shape index (κ2) is 7.93. The van der Waals surface area contributed by atoms with E-state index in [0.29, 0.717) is 0 Å². The number of aliphatic hydroxyl groups excluding tert-OH is 1. The molecule has 0 saturated carbocycles. The largest absolute Gasteiger partial charge is 0.392 e. The van der Waals surface area contributed by atoms with E-state index in [1.165, 1.54) is 4.90 Å². The Hall–Kier alpha value is -0.250. The average molecular weight is 301 g/mol. The van der Waals surface area contributed by atoms with Gasteiger partial charge in [-0.25, -0.2) is 0 Å². The van der Waals surface area contributed by atoms with Crippen LogP contribution in [0.2, 0.25) is 0 Å². The van der Waals surface area contributed by atoms with Crippen LogP contribution in [-0.2, 0) is 0 Å². The first-order valence-corrected chi connectivity index (χ1v) is 7.17. The van der Waals surface area contributed by atoms with Gasteiger partial charge >= 0.3 is 0 Å². The van der Waals surface area contributed by atoms with Crippen molar-refractivity contribution in [2.24, 2.45) is 0 Å². The van der Waals surface area contributed by atoms with Crippen molar-refractivity contribution < 1.29 is 5.11 Å². The molecule has 1 aromatic carbocycles. The summed E-state index contributed by atoms with van der Waals surface area (Å²) >= 11 is 5.13. The average Bonchev–Trinajstić information content (AvgIpc) is 2.27. The van der Waals surface area contributed by atoms with Crippen molar-refractivity contribution in [1.29, 1.82) is 0 Å². The zero-order valence-electron chi connectivity index (χ0n) is 9.23. The van der Waals surface area contributed by atoms with Crippen LogP contribution in [0.5, 0.6) is 0 Å². The van der Waals surface area contributed by atoms with Gasteiger partial charge in [0.05, 0.1) is 6.10 Å². The summed E-state index contributed by atoms with van der Waals surface area (Å²) in [5, 5.41) is 9.74. The lowest BCUT2D eigenvalue weighted by Gasteiger charge is -2.09. The summed E-state index contributed by atoms with van der Waals surface area (Å²) in [6.07, 6.45) is 4.53. The molecule has 1 nitrogen and oxygen atoms in total. The van der Waals surface area contributed by atoms with Gasteiger partial charge in [0, 0.05) is 15.1 Å². The molecule has 0 aliphatic heterocycles. The van der Waals surface area contributed by atoms with E-state index >= 15 is 0 Å². The van der Waals surface area contributed by atoms with E-state index in [-0.39, 0.29) is 6.10 Å². The van der Waals surface area contributed by atoms with E-state index in [1.54, 1.807) is 11.8 Å². The fraction of sp³-hybridized carbons (Fsp3) is 0.385. The summed E-state index contributed by atoms with van der Waals surface area (Å²) in [7, 11) is 0. The molecule has 0 saturated heterocycles. The Morgan fingerprint density at radius 1 is 1.50 bits per heavy atom. The van der Waals surface area contributed by atoms with Gasteiger partial charge in [-0.15, -0.1) is 18.3 Å². The standard InChI is InChI=1S/C13H17BrOS/c1-2-3-4-7-12(15)10-16-13-8-5-6-11(14)9-13/h2,5-6,8-9,12,15H,1,3-4,7,10H2. The van der Waals surface area contributed by atoms with Crippen molar-refractivity contribution in [2.45, 2.75) is 30.3 Å². The Morgan fingerprint density at radius 3 is 3.00 bits per heavy atom. The maximum atomic E-state index is 9.74. The molecule has 1 atom stereocenters.